The van der Waals surface area contributed by atoms with Crippen molar-refractivity contribution in [3.63, 3.8) is 0 Å². The molecule has 6 nitrogen and oxygen atoms in total. The first-order chi connectivity index (χ1) is 10.1. The molecule has 0 bridgehead atoms. The fraction of sp³-hybridized carbons (Fsp3) is 0.500. The van der Waals surface area contributed by atoms with E-state index in [1.54, 1.807) is 20.8 Å². The topological polar surface area (TPSA) is 91.8 Å². The van der Waals surface area contributed by atoms with Gasteiger partial charge in [0.2, 0.25) is 10.0 Å². The minimum atomic E-state index is -3.76. The van der Waals surface area contributed by atoms with E-state index in [0.717, 1.165) is 0 Å². The third-order valence-electron chi connectivity index (χ3n) is 3.70. The molecule has 0 amide bonds. The van der Waals surface area contributed by atoms with Gasteiger partial charge in [0.15, 0.2) is 0 Å². The zero-order valence-corrected chi connectivity index (χ0v) is 14.3. The molecule has 0 aromatic heterocycles. The van der Waals surface area contributed by atoms with E-state index < -0.39 is 32.3 Å². The van der Waals surface area contributed by atoms with E-state index in [1.807, 2.05) is 0 Å². The Balaban J connectivity index is 2.47. The Hall–Kier alpha value is -1.25. The van der Waals surface area contributed by atoms with Crippen LogP contribution in [0.3, 0.4) is 0 Å². The van der Waals surface area contributed by atoms with E-state index in [4.69, 9.17) is 5.11 Å². The molecule has 1 aliphatic heterocycles. The number of hydrogen-bond acceptors (Lipinski definition) is 4. The van der Waals surface area contributed by atoms with E-state index in [-0.39, 0.29) is 17.0 Å². The molecule has 0 saturated carbocycles. The van der Waals surface area contributed by atoms with Gasteiger partial charge in [-0.2, -0.15) is 4.31 Å². The van der Waals surface area contributed by atoms with Crippen molar-refractivity contribution < 1.29 is 22.5 Å². The average molecular weight is 345 g/mol. The van der Waals surface area contributed by atoms with Crippen molar-refractivity contribution in [3.8, 4) is 0 Å². The highest BCUT2D eigenvalue weighted by molar-refractivity contribution is 7.89. The van der Waals surface area contributed by atoms with Crippen molar-refractivity contribution >= 4 is 26.8 Å². The Morgan fingerprint density at radius 3 is 2.50 bits per heavy atom. The highest BCUT2D eigenvalue weighted by atomic mass is 32.2. The maximum atomic E-state index is 12.9. The van der Waals surface area contributed by atoms with Gasteiger partial charge in [-0.25, -0.2) is 13.2 Å². The highest BCUT2D eigenvalue weighted by Gasteiger charge is 2.41. The van der Waals surface area contributed by atoms with Crippen molar-refractivity contribution in [3.05, 3.63) is 29.3 Å². The summed E-state index contributed by atoms with van der Waals surface area (Å²) in [6.45, 7) is 5.28. The Bertz CT molecular complexity index is 740. The first-order valence-electron chi connectivity index (χ1n) is 6.77. The molecule has 1 saturated heterocycles. The first-order valence-corrected chi connectivity index (χ1v) is 9.70. The molecule has 1 unspecified atom stereocenters. The SMILES string of the molecule is Cc1cc(C(=O)O)ccc1S(=O)(=O)N1CCS(=O)CC1(C)C. The number of carbonyl (C=O) groups is 1. The number of benzene rings is 1. The molecule has 2 rings (SSSR count). The normalized spacial score (nSPS) is 22.4. The number of aryl methyl sites for hydroxylation is 1. The molecule has 0 aliphatic carbocycles. The van der Waals surface area contributed by atoms with Crippen LogP contribution in [0.5, 0.6) is 0 Å². The molecule has 8 heteroatoms. The van der Waals surface area contributed by atoms with Gasteiger partial charge in [-0.1, -0.05) is 0 Å². The van der Waals surface area contributed by atoms with E-state index in [1.165, 1.54) is 22.5 Å². The van der Waals surface area contributed by atoms with Gasteiger partial charge in [-0.15, -0.1) is 0 Å². The Morgan fingerprint density at radius 1 is 1.36 bits per heavy atom. The zero-order chi connectivity index (χ0) is 16.7. The molecule has 1 aliphatic rings. The first kappa shape index (κ1) is 17.1. The highest BCUT2D eigenvalue weighted by Crippen LogP contribution is 2.30. The van der Waals surface area contributed by atoms with Crippen LogP contribution in [0.1, 0.15) is 29.8 Å². The fourth-order valence-electron chi connectivity index (χ4n) is 2.66. The summed E-state index contributed by atoms with van der Waals surface area (Å²) in [5, 5.41) is 8.97. The van der Waals surface area contributed by atoms with Crippen LogP contribution in [0, 0.1) is 6.92 Å². The van der Waals surface area contributed by atoms with E-state index >= 15 is 0 Å². The second kappa shape index (κ2) is 5.75. The lowest BCUT2D eigenvalue weighted by atomic mass is 10.1. The van der Waals surface area contributed by atoms with Crippen LogP contribution in [0.25, 0.3) is 0 Å². The maximum Gasteiger partial charge on any atom is 0.335 e. The summed E-state index contributed by atoms with van der Waals surface area (Å²) in [5.41, 5.74) is -0.294. The summed E-state index contributed by atoms with van der Waals surface area (Å²) < 4.78 is 38.8. The standard InChI is InChI=1S/C14H19NO5S2/c1-10-8-11(13(16)17)4-5-12(10)22(19,20)15-6-7-21(18)9-14(15,2)3/h4-5,8H,6-7,9H2,1-3H3,(H,16,17). The zero-order valence-electron chi connectivity index (χ0n) is 12.7. The van der Waals surface area contributed by atoms with Gasteiger partial charge in [0.05, 0.1) is 10.5 Å². The molecule has 1 fully saturated rings. The minimum Gasteiger partial charge on any atom is -0.478 e. The van der Waals surface area contributed by atoms with Crippen LogP contribution in [0.4, 0.5) is 0 Å². The average Bonchev–Trinajstić information content (AvgIpc) is 2.36. The van der Waals surface area contributed by atoms with Gasteiger partial charge in [0.1, 0.15) is 0 Å². The Morgan fingerprint density at radius 2 is 2.00 bits per heavy atom. The molecule has 0 spiro atoms. The predicted molar refractivity (Wildman–Crippen MR) is 84.0 cm³/mol. The molecule has 1 atom stereocenters. The molecule has 22 heavy (non-hydrogen) atoms. The van der Waals surface area contributed by atoms with Gasteiger partial charge >= 0.3 is 5.97 Å². The molecule has 1 heterocycles. The smallest absolute Gasteiger partial charge is 0.335 e. The van der Waals surface area contributed by atoms with Crippen molar-refractivity contribution in [1.29, 1.82) is 0 Å². The van der Waals surface area contributed by atoms with Crippen LogP contribution >= 0.6 is 0 Å². The summed E-state index contributed by atoms with van der Waals surface area (Å²) in [4.78, 5) is 11.1. The van der Waals surface area contributed by atoms with Crippen LogP contribution in [-0.4, -0.2) is 51.6 Å². The summed E-state index contributed by atoms with van der Waals surface area (Å²) in [6, 6.07) is 3.97. The number of carboxylic acids is 1. The third kappa shape index (κ3) is 3.09. The minimum absolute atomic E-state index is 0.0514. The molecule has 0 radical (unpaired) electrons. The molecule has 1 aromatic rings. The lowest BCUT2D eigenvalue weighted by Crippen LogP contribution is -2.56. The van der Waals surface area contributed by atoms with E-state index in [9.17, 15) is 17.4 Å². The number of carboxylic acid groups (broad SMARTS) is 1. The van der Waals surface area contributed by atoms with E-state index in [2.05, 4.69) is 0 Å². The van der Waals surface area contributed by atoms with Crippen LogP contribution in [0.15, 0.2) is 23.1 Å². The van der Waals surface area contributed by atoms with Gasteiger partial charge in [0, 0.05) is 34.4 Å². The van der Waals surface area contributed by atoms with E-state index in [0.29, 0.717) is 17.1 Å². The van der Waals surface area contributed by atoms with Gasteiger partial charge in [0.25, 0.3) is 0 Å². The predicted octanol–water partition coefficient (Wildman–Crippen LogP) is 1.22. The van der Waals surface area contributed by atoms with Crippen molar-refractivity contribution in [2.45, 2.75) is 31.2 Å². The maximum absolute atomic E-state index is 12.9. The number of aromatic carboxylic acids is 1. The van der Waals surface area contributed by atoms with Gasteiger partial charge in [-0.3, -0.25) is 4.21 Å². The third-order valence-corrected chi connectivity index (χ3v) is 7.64. The lowest BCUT2D eigenvalue weighted by molar-refractivity contribution is 0.0696. The largest absolute Gasteiger partial charge is 0.478 e. The van der Waals surface area contributed by atoms with Gasteiger partial charge < -0.3 is 5.11 Å². The van der Waals surface area contributed by atoms with Crippen molar-refractivity contribution in [2.24, 2.45) is 0 Å². The lowest BCUT2D eigenvalue weighted by Gasteiger charge is -2.40. The summed E-state index contributed by atoms with van der Waals surface area (Å²) >= 11 is 0. The summed E-state index contributed by atoms with van der Waals surface area (Å²) in [5.74, 6) is -0.492. The molecular formula is C14H19NO5S2. The number of nitrogens with zero attached hydrogens (tertiary/aromatic N) is 1. The monoisotopic (exact) mass is 345 g/mol. The van der Waals surface area contributed by atoms with Crippen LogP contribution < -0.4 is 0 Å². The summed E-state index contributed by atoms with van der Waals surface area (Å²) in [7, 11) is -4.78. The van der Waals surface area contributed by atoms with Crippen LogP contribution in [0.2, 0.25) is 0 Å². The van der Waals surface area contributed by atoms with Crippen LogP contribution in [-0.2, 0) is 20.8 Å². The Labute approximate surface area is 132 Å². The van der Waals surface area contributed by atoms with Crippen molar-refractivity contribution in [1.82, 2.24) is 4.31 Å². The number of sulfonamides is 1. The van der Waals surface area contributed by atoms with Crippen molar-refractivity contribution in [2.75, 3.05) is 18.1 Å². The number of rotatable bonds is 3. The molecular weight excluding hydrogens is 326 g/mol. The second-order valence-electron chi connectivity index (χ2n) is 5.96. The quantitative estimate of drug-likeness (QED) is 0.889. The number of hydrogen-bond donors (Lipinski definition) is 1. The molecule has 1 aromatic carbocycles. The fourth-order valence-corrected chi connectivity index (χ4v) is 6.32. The molecule has 122 valence electrons. The van der Waals surface area contributed by atoms with Gasteiger partial charge in [-0.05, 0) is 44.5 Å². The molecule has 1 N–H and O–H groups in total. The second-order valence-corrected chi connectivity index (χ2v) is 9.37. The Kier molecular flexibility index (Phi) is 4.47. The summed E-state index contributed by atoms with van der Waals surface area (Å²) in [6.07, 6.45) is 0.